The Morgan fingerprint density at radius 1 is 0.886 bits per heavy atom. The number of fused-ring (bicyclic) bond motifs is 1. The first-order chi connectivity index (χ1) is 17.1. The molecule has 0 bridgehead atoms. The Morgan fingerprint density at radius 3 is 2.34 bits per heavy atom. The predicted octanol–water partition coefficient (Wildman–Crippen LogP) is 4.95. The Balaban J connectivity index is 1.30. The topological polar surface area (TPSA) is 73.2 Å². The third kappa shape index (κ3) is 5.43. The van der Waals surface area contributed by atoms with Crippen LogP contribution in [0.4, 0.5) is 5.69 Å². The molecule has 2 N–H and O–H groups in total. The van der Waals surface area contributed by atoms with E-state index in [2.05, 4.69) is 4.90 Å². The zero-order valence-electron chi connectivity index (χ0n) is 19.9. The number of likely N-dealkylation sites (tertiary alicyclic amines) is 1. The summed E-state index contributed by atoms with van der Waals surface area (Å²) < 4.78 is 5.93. The van der Waals surface area contributed by atoms with Crippen LogP contribution in [0.15, 0.2) is 66.7 Å². The third-order valence-corrected chi connectivity index (χ3v) is 7.06. The van der Waals surface area contributed by atoms with Gasteiger partial charge in [-0.15, -0.1) is 0 Å². The van der Waals surface area contributed by atoms with Gasteiger partial charge in [-0.2, -0.15) is 0 Å². The maximum absolute atomic E-state index is 13.6. The highest BCUT2D eigenvalue weighted by atomic mass is 16.5. The SMILES string of the molecule is O=C(c1ccc(OCCN2CCCCC2)cc1)N1CC(c2ccc(O)cc2)Cc2ccc(O)cc21. The molecule has 1 unspecified atom stereocenters. The monoisotopic (exact) mass is 472 g/mol. The van der Waals surface area contributed by atoms with Gasteiger partial charge in [0.1, 0.15) is 23.9 Å². The summed E-state index contributed by atoms with van der Waals surface area (Å²) in [6.45, 7) is 4.35. The van der Waals surface area contributed by atoms with Crippen LogP contribution in [0.2, 0.25) is 0 Å². The number of carbonyl (C=O) groups is 1. The molecular weight excluding hydrogens is 440 g/mol. The lowest BCUT2D eigenvalue weighted by Crippen LogP contribution is -2.39. The van der Waals surface area contributed by atoms with Crippen LogP contribution in [-0.4, -0.2) is 53.8 Å². The van der Waals surface area contributed by atoms with Crippen molar-refractivity contribution in [3.63, 3.8) is 0 Å². The van der Waals surface area contributed by atoms with Crippen molar-refractivity contribution in [3.8, 4) is 17.2 Å². The summed E-state index contributed by atoms with van der Waals surface area (Å²) in [5.41, 5.74) is 3.40. The zero-order valence-corrected chi connectivity index (χ0v) is 19.9. The van der Waals surface area contributed by atoms with Crippen LogP contribution in [-0.2, 0) is 6.42 Å². The quantitative estimate of drug-likeness (QED) is 0.531. The second kappa shape index (κ2) is 10.4. The van der Waals surface area contributed by atoms with Crippen molar-refractivity contribution in [2.45, 2.75) is 31.6 Å². The molecule has 0 aromatic heterocycles. The Morgan fingerprint density at radius 2 is 1.60 bits per heavy atom. The standard InChI is InChI=1S/C29H32N2O4/c32-25-9-4-21(5-10-25)24-18-23-6-11-26(33)19-28(23)31(20-24)29(34)22-7-12-27(13-8-22)35-17-16-30-14-2-1-3-15-30/h4-13,19,24,32-33H,1-3,14-18,20H2. The van der Waals surface area contributed by atoms with Crippen LogP contribution >= 0.6 is 0 Å². The lowest BCUT2D eigenvalue weighted by atomic mass is 9.86. The average Bonchev–Trinajstić information content (AvgIpc) is 2.89. The predicted molar refractivity (Wildman–Crippen MR) is 137 cm³/mol. The summed E-state index contributed by atoms with van der Waals surface area (Å²) in [7, 11) is 0. The molecule has 2 heterocycles. The molecular formula is C29H32N2O4. The molecule has 0 radical (unpaired) electrons. The molecule has 2 aliphatic rings. The van der Waals surface area contributed by atoms with Crippen LogP contribution in [0.1, 0.15) is 46.7 Å². The Kier molecular flexibility index (Phi) is 6.91. The largest absolute Gasteiger partial charge is 0.508 e. The molecule has 1 saturated heterocycles. The van der Waals surface area contributed by atoms with E-state index in [1.807, 2.05) is 42.5 Å². The van der Waals surface area contributed by atoms with Gasteiger partial charge in [0.2, 0.25) is 0 Å². The van der Waals surface area contributed by atoms with Gasteiger partial charge in [-0.05, 0) is 85.9 Å². The van der Waals surface area contributed by atoms with E-state index in [1.54, 1.807) is 29.2 Å². The highest BCUT2D eigenvalue weighted by molar-refractivity contribution is 6.07. The van der Waals surface area contributed by atoms with E-state index in [1.165, 1.54) is 19.3 Å². The lowest BCUT2D eigenvalue weighted by molar-refractivity contribution is 0.0983. The summed E-state index contributed by atoms with van der Waals surface area (Å²) in [4.78, 5) is 17.8. The Labute approximate surface area is 206 Å². The van der Waals surface area contributed by atoms with Crippen LogP contribution in [0.25, 0.3) is 0 Å². The van der Waals surface area contributed by atoms with Crippen LogP contribution < -0.4 is 9.64 Å². The Hall–Kier alpha value is -3.51. The van der Waals surface area contributed by atoms with Crippen LogP contribution in [0, 0.1) is 0 Å². The highest BCUT2D eigenvalue weighted by Gasteiger charge is 2.30. The number of amides is 1. The van der Waals surface area contributed by atoms with Crippen LogP contribution in [0.5, 0.6) is 17.2 Å². The number of nitrogens with zero attached hydrogens (tertiary/aromatic N) is 2. The van der Waals surface area contributed by atoms with Crippen molar-refractivity contribution in [1.82, 2.24) is 4.90 Å². The number of hydrogen-bond acceptors (Lipinski definition) is 5. The highest BCUT2D eigenvalue weighted by Crippen LogP contribution is 2.37. The van der Waals surface area contributed by atoms with Gasteiger partial charge >= 0.3 is 0 Å². The van der Waals surface area contributed by atoms with Gasteiger partial charge in [-0.3, -0.25) is 9.69 Å². The van der Waals surface area contributed by atoms with E-state index >= 15 is 0 Å². The Bertz CT molecular complexity index is 1150. The fourth-order valence-corrected chi connectivity index (χ4v) is 5.11. The van der Waals surface area contributed by atoms with Gasteiger partial charge < -0.3 is 19.8 Å². The first kappa shape index (κ1) is 23.2. The van der Waals surface area contributed by atoms with E-state index < -0.39 is 0 Å². The molecule has 35 heavy (non-hydrogen) atoms. The molecule has 6 nitrogen and oxygen atoms in total. The zero-order chi connectivity index (χ0) is 24.2. The first-order valence-corrected chi connectivity index (χ1v) is 12.4. The van der Waals surface area contributed by atoms with Crippen molar-refractivity contribution in [2.24, 2.45) is 0 Å². The number of phenols is 2. The molecule has 1 atom stereocenters. The number of rotatable bonds is 6. The van der Waals surface area contributed by atoms with E-state index in [-0.39, 0.29) is 23.3 Å². The minimum absolute atomic E-state index is 0.0917. The molecule has 3 aromatic carbocycles. The van der Waals surface area contributed by atoms with Crippen LogP contribution in [0.3, 0.4) is 0 Å². The average molecular weight is 473 g/mol. The van der Waals surface area contributed by atoms with Gasteiger partial charge in [-0.25, -0.2) is 0 Å². The number of aromatic hydroxyl groups is 2. The van der Waals surface area contributed by atoms with Crippen molar-refractivity contribution in [3.05, 3.63) is 83.4 Å². The summed E-state index contributed by atoms with van der Waals surface area (Å²) in [5, 5.41) is 19.8. The number of phenolic OH excluding ortho intramolecular Hbond substituents is 2. The molecule has 3 aromatic rings. The molecule has 2 aliphatic heterocycles. The molecule has 182 valence electrons. The second-order valence-electron chi connectivity index (χ2n) is 9.50. The van der Waals surface area contributed by atoms with Gasteiger partial charge in [0.05, 0.1) is 5.69 Å². The fourth-order valence-electron chi connectivity index (χ4n) is 5.11. The van der Waals surface area contributed by atoms with E-state index in [0.29, 0.717) is 18.7 Å². The molecule has 0 saturated carbocycles. The number of benzene rings is 3. The number of piperidine rings is 1. The summed E-state index contributed by atoms with van der Waals surface area (Å²) >= 11 is 0. The van der Waals surface area contributed by atoms with Crippen molar-refractivity contribution < 1.29 is 19.7 Å². The lowest BCUT2D eigenvalue weighted by Gasteiger charge is -2.35. The number of carbonyl (C=O) groups excluding carboxylic acids is 1. The van der Waals surface area contributed by atoms with Gasteiger partial charge in [0.25, 0.3) is 5.91 Å². The maximum Gasteiger partial charge on any atom is 0.258 e. The molecule has 5 rings (SSSR count). The normalized spacial score (nSPS) is 18.2. The molecule has 0 aliphatic carbocycles. The molecule has 1 fully saturated rings. The maximum atomic E-state index is 13.6. The number of hydrogen-bond donors (Lipinski definition) is 2. The van der Waals surface area contributed by atoms with E-state index in [9.17, 15) is 15.0 Å². The molecule has 1 amide bonds. The first-order valence-electron chi connectivity index (χ1n) is 12.4. The third-order valence-electron chi connectivity index (χ3n) is 7.06. The van der Waals surface area contributed by atoms with E-state index in [4.69, 9.17) is 4.74 Å². The van der Waals surface area contributed by atoms with Gasteiger partial charge in [-0.1, -0.05) is 24.6 Å². The fraction of sp³-hybridized carbons (Fsp3) is 0.345. The summed E-state index contributed by atoms with van der Waals surface area (Å²) in [6, 6.07) is 19.7. The number of anilines is 1. The van der Waals surface area contributed by atoms with Crippen molar-refractivity contribution >= 4 is 11.6 Å². The van der Waals surface area contributed by atoms with Gasteiger partial charge in [0, 0.05) is 30.6 Å². The smallest absolute Gasteiger partial charge is 0.258 e. The minimum Gasteiger partial charge on any atom is -0.508 e. The van der Waals surface area contributed by atoms with E-state index in [0.717, 1.165) is 48.6 Å². The molecule has 0 spiro atoms. The summed E-state index contributed by atoms with van der Waals surface area (Å²) in [5.74, 6) is 1.11. The van der Waals surface area contributed by atoms with Crippen molar-refractivity contribution in [2.75, 3.05) is 37.7 Å². The second-order valence-corrected chi connectivity index (χ2v) is 9.50. The number of ether oxygens (including phenoxy) is 1. The molecule has 6 heteroatoms. The summed E-state index contributed by atoms with van der Waals surface area (Å²) in [6.07, 6.45) is 4.61. The minimum atomic E-state index is -0.111. The van der Waals surface area contributed by atoms with Gasteiger partial charge in [0.15, 0.2) is 0 Å². The van der Waals surface area contributed by atoms with Crippen molar-refractivity contribution in [1.29, 1.82) is 0 Å².